The summed E-state index contributed by atoms with van der Waals surface area (Å²) in [5.41, 5.74) is 5.46. The third kappa shape index (κ3) is 2.31. The van der Waals surface area contributed by atoms with Crippen LogP contribution in [0, 0.1) is 5.92 Å². The van der Waals surface area contributed by atoms with Crippen molar-refractivity contribution in [1.82, 2.24) is 4.90 Å². The molecule has 1 heterocycles. The first-order valence-electron chi connectivity index (χ1n) is 3.89. The molecule has 0 radical (unpaired) electrons. The lowest BCUT2D eigenvalue weighted by atomic mass is 10.00. The number of thiocarbonyl (C=S) groups is 1. The second-order valence-corrected chi connectivity index (χ2v) is 3.39. The average molecular weight is 174 g/mol. The van der Waals surface area contributed by atoms with E-state index in [-0.39, 0.29) is 6.61 Å². The molecule has 1 atom stereocenters. The lowest BCUT2D eigenvalue weighted by molar-refractivity contribution is 0.161. The number of rotatable bonds is 1. The second-order valence-electron chi connectivity index (χ2n) is 2.98. The number of piperidine rings is 1. The maximum Gasteiger partial charge on any atom is 0.166 e. The molecule has 0 amide bonds. The Bertz CT molecular complexity index is 151. The van der Waals surface area contributed by atoms with Crippen molar-refractivity contribution >= 4 is 17.3 Å². The van der Waals surface area contributed by atoms with Crippen molar-refractivity contribution < 1.29 is 5.11 Å². The summed E-state index contributed by atoms with van der Waals surface area (Å²) >= 11 is 4.84. The van der Waals surface area contributed by atoms with Crippen LogP contribution in [0.5, 0.6) is 0 Å². The predicted molar refractivity (Wildman–Crippen MR) is 48.2 cm³/mol. The number of aliphatic hydroxyl groups is 1. The lowest BCUT2D eigenvalue weighted by Crippen LogP contribution is -2.43. The van der Waals surface area contributed by atoms with Gasteiger partial charge in [-0.2, -0.15) is 0 Å². The number of hydrogen-bond donors (Lipinski definition) is 2. The first-order chi connectivity index (χ1) is 5.24. The van der Waals surface area contributed by atoms with Crippen LogP contribution in [0.1, 0.15) is 12.8 Å². The minimum Gasteiger partial charge on any atom is -0.396 e. The third-order valence-electron chi connectivity index (χ3n) is 2.09. The van der Waals surface area contributed by atoms with Crippen molar-refractivity contribution in [1.29, 1.82) is 0 Å². The summed E-state index contributed by atoms with van der Waals surface area (Å²) < 4.78 is 0. The predicted octanol–water partition coefficient (Wildman–Crippen LogP) is -0.0657. The highest BCUT2D eigenvalue weighted by Gasteiger charge is 2.19. The minimum atomic E-state index is 0.249. The largest absolute Gasteiger partial charge is 0.396 e. The van der Waals surface area contributed by atoms with Crippen molar-refractivity contribution in [2.45, 2.75) is 12.8 Å². The molecule has 1 unspecified atom stereocenters. The van der Waals surface area contributed by atoms with Gasteiger partial charge in [0.15, 0.2) is 5.11 Å². The standard InChI is InChI=1S/C7H14N2OS/c8-7(11)9-3-1-2-6(4-9)5-10/h6,10H,1-5H2,(H2,8,11). The molecular formula is C7H14N2OS. The van der Waals surface area contributed by atoms with Crippen LogP contribution in [0.3, 0.4) is 0 Å². The summed E-state index contributed by atoms with van der Waals surface area (Å²) in [6.45, 7) is 2.02. The molecule has 0 aromatic heterocycles. The molecular weight excluding hydrogens is 160 g/mol. The van der Waals surface area contributed by atoms with E-state index in [9.17, 15) is 0 Å². The molecule has 1 aliphatic heterocycles. The van der Waals surface area contributed by atoms with Gasteiger partial charge in [0.05, 0.1) is 0 Å². The quantitative estimate of drug-likeness (QED) is 0.547. The molecule has 4 heteroatoms. The van der Waals surface area contributed by atoms with Gasteiger partial charge in [-0.1, -0.05) is 0 Å². The van der Waals surface area contributed by atoms with Gasteiger partial charge >= 0.3 is 0 Å². The Morgan fingerprint density at radius 1 is 1.73 bits per heavy atom. The van der Waals surface area contributed by atoms with E-state index in [0.717, 1.165) is 25.9 Å². The first-order valence-corrected chi connectivity index (χ1v) is 4.30. The molecule has 1 fully saturated rings. The van der Waals surface area contributed by atoms with Crippen LogP contribution in [0.25, 0.3) is 0 Å². The van der Waals surface area contributed by atoms with Gasteiger partial charge in [-0.05, 0) is 31.0 Å². The van der Waals surface area contributed by atoms with Crippen LogP contribution in [-0.4, -0.2) is 34.8 Å². The van der Waals surface area contributed by atoms with Crippen LogP contribution in [-0.2, 0) is 0 Å². The van der Waals surface area contributed by atoms with Crippen LogP contribution >= 0.6 is 12.2 Å². The van der Waals surface area contributed by atoms with Gasteiger partial charge in [0.2, 0.25) is 0 Å². The van der Waals surface area contributed by atoms with Gasteiger partial charge in [0, 0.05) is 19.7 Å². The molecule has 1 rings (SSSR count). The molecule has 0 saturated carbocycles. The van der Waals surface area contributed by atoms with Gasteiger partial charge in [0.25, 0.3) is 0 Å². The summed E-state index contributed by atoms with van der Waals surface area (Å²) in [7, 11) is 0. The molecule has 0 bridgehead atoms. The number of nitrogens with two attached hydrogens (primary N) is 1. The van der Waals surface area contributed by atoms with Crippen molar-refractivity contribution in [2.24, 2.45) is 11.7 Å². The van der Waals surface area contributed by atoms with E-state index < -0.39 is 0 Å². The Morgan fingerprint density at radius 2 is 2.45 bits per heavy atom. The number of hydrogen-bond acceptors (Lipinski definition) is 2. The first kappa shape index (κ1) is 8.74. The Labute approximate surface area is 72.2 Å². The zero-order valence-corrected chi connectivity index (χ0v) is 7.31. The molecule has 0 aromatic rings. The summed E-state index contributed by atoms with van der Waals surface area (Å²) in [6, 6.07) is 0. The van der Waals surface area contributed by atoms with Crippen LogP contribution in [0.15, 0.2) is 0 Å². The van der Waals surface area contributed by atoms with Gasteiger partial charge in [0.1, 0.15) is 0 Å². The maximum atomic E-state index is 8.88. The smallest absolute Gasteiger partial charge is 0.166 e. The Kier molecular flexibility index (Phi) is 3.08. The molecule has 0 aliphatic carbocycles. The minimum absolute atomic E-state index is 0.249. The van der Waals surface area contributed by atoms with E-state index in [2.05, 4.69) is 0 Å². The molecule has 0 aromatic carbocycles. The summed E-state index contributed by atoms with van der Waals surface area (Å²) in [5.74, 6) is 0.366. The summed E-state index contributed by atoms with van der Waals surface area (Å²) in [6.07, 6.45) is 2.18. The molecule has 64 valence electrons. The summed E-state index contributed by atoms with van der Waals surface area (Å²) in [5, 5.41) is 9.34. The number of aliphatic hydroxyl groups excluding tert-OH is 1. The Morgan fingerprint density at radius 3 is 3.00 bits per heavy atom. The van der Waals surface area contributed by atoms with Crippen molar-refractivity contribution in [3.8, 4) is 0 Å². The highest BCUT2D eigenvalue weighted by Crippen LogP contribution is 2.14. The fourth-order valence-corrected chi connectivity index (χ4v) is 1.58. The fraction of sp³-hybridized carbons (Fsp3) is 0.857. The van der Waals surface area contributed by atoms with E-state index in [4.69, 9.17) is 23.1 Å². The third-order valence-corrected chi connectivity index (χ3v) is 2.35. The van der Waals surface area contributed by atoms with Crippen molar-refractivity contribution in [2.75, 3.05) is 19.7 Å². The van der Waals surface area contributed by atoms with Crippen molar-refractivity contribution in [3.63, 3.8) is 0 Å². The van der Waals surface area contributed by atoms with E-state index in [1.54, 1.807) is 0 Å². The van der Waals surface area contributed by atoms with Gasteiger partial charge in [-0.3, -0.25) is 0 Å². The molecule has 11 heavy (non-hydrogen) atoms. The Hall–Kier alpha value is -0.350. The molecule has 0 spiro atoms. The van der Waals surface area contributed by atoms with Gasteiger partial charge in [-0.25, -0.2) is 0 Å². The van der Waals surface area contributed by atoms with E-state index >= 15 is 0 Å². The van der Waals surface area contributed by atoms with Crippen LogP contribution < -0.4 is 5.73 Å². The number of nitrogens with zero attached hydrogens (tertiary/aromatic N) is 1. The van der Waals surface area contributed by atoms with Crippen molar-refractivity contribution in [3.05, 3.63) is 0 Å². The van der Waals surface area contributed by atoms with E-state index in [1.807, 2.05) is 4.90 Å². The maximum absolute atomic E-state index is 8.88. The zero-order valence-electron chi connectivity index (χ0n) is 6.49. The Balaban J connectivity index is 2.39. The highest BCUT2D eigenvalue weighted by molar-refractivity contribution is 7.80. The summed E-state index contributed by atoms with van der Waals surface area (Å²) in [4.78, 5) is 1.96. The second kappa shape index (κ2) is 3.88. The monoisotopic (exact) mass is 174 g/mol. The average Bonchev–Trinajstić information content (AvgIpc) is 2.05. The topological polar surface area (TPSA) is 49.5 Å². The molecule has 1 aliphatic rings. The lowest BCUT2D eigenvalue weighted by Gasteiger charge is -2.31. The van der Waals surface area contributed by atoms with Gasteiger partial charge < -0.3 is 15.7 Å². The molecule has 3 N–H and O–H groups in total. The molecule has 1 saturated heterocycles. The fourth-order valence-electron chi connectivity index (χ4n) is 1.41. The zero-order chi connectivity index (χ0) is 8.27. The van der Waals surface area contributed by atoms with Crippen LogP contribution in [0.4, 0.5) is 0 Å². The van der Waals surface area contributed by atoms with Gasteiger partial charge in [-0.15, -0.1) is 0 Å². The highest BCUT2D eigenvalue weighted by atomic mass is 32.1. The van der Waals surface area contributed by atoms with Crippen LogP contribution in [0.2, 0.25) is 0 Å². The number of likely N-dealkylation sites (tertiary alicyclic amines) is 1. The normalized spacial score (nSPS) is 25.2. The van der Waals surface area contributed by atoms with E-state index in [1.165, 1.54) is 0 Å². The van der Waals surface area contributed by atoms with E-state index in [0.29, 0.717) is 11.0 Å². The molecule has 3 nitrogen and oxygen atoms in total. The SMILES string of the molecule is NC(=S)N1CCCC(CO)C1.